The first-order valence-electron chi connectivity index (χ1n) is 19.6. The highest BCUT2D eigenvalue weighted by atomic mass is 15.1. The Morgan fingerprint density at radius 3 is 1.19 bits per heavy atom. The molecule has 0 saturated carbocycles. The van der Waals surface area contributed by atoms with Crippen molar-refractivity contribution in [2.45, 2.75) is 0 Å². The number of para-hydroxylation sites is 6. The topological polar surface area (TPSA) is 14.8 Å². The maximum absolute atomic E-state index is 2.48. The van der Waals surface area contributed by atoms with Gasteiger partial charge in [0.15, 0.2) is 0 Å². The van der Waals surface area contributed by atoms with Crippen molar-refractivity contribution in [1.29, 1.82) is 0 Å². The maximum atomic E-state index is 2.48. The third-order valence-corrected chi connectivity index (χ3v) is 11.8. The number of rotatable bonds is 5. The second-order valence-corrected chi connectivity index (χ2v) is 14.9. The predicted octanol–water partition coefficient (Wildman–Crippen LogP) is 14.3. The molecule has 266 valence electrons. The van der Waals surface area contributed by atoms with Crippen LogP contribution in [-0.2, 0) is 0 Å². The monoisotopic (exact) mass is 725 g/mol. The molecule has 3 aromatic heterocycles. The number of fused-ring (bicyclic) bond motifs is 9. The highest BCUT2D eigenvalue weighted by molar-refractivity contribution is 6.16. The Morgan fingerprint density at radius 2 is 0.614 bits per heavy atom. The Balaban J connectivity index is 1.07. The normalized spacial score (nSPS) is 11.9. The van der Waals surface area contributed by atoms with Crippen LogP contribution < -0.4 is 0 Å². The van der Waals surface area contributed by atoms with Crippen LogP contribution in [0.3, 0.4) is 0 Å². The van der Waals surface area contributed by atoms with Gasteiger partial charge < -0.3 is 13.7 Å². The van der Waals surface area contributed by atoms with Gasteiger partial charge in [0, 0.05) is 43.7 Å². The van der Waals surface area contributed by atoms with Gasteiger partial charge in [-0.25, -0.2) is 0 Å². The molecule has 0 N–H and O–H groups in total. The Bertz CT molecular complexity index is 3440. The lowest BCUT2D eigenvalue weighted by Crippen LogP contribution is -2.01. The van der Waals surface area contributed by atoms with Crippen LogP contribution in [-0.4, -0.2) is 13.7 Å². The summed E-state index contributed by atoms with van der Waals surface area (Å²) in [5, 5.41) is 7.49. The summed E-state index contributed by atoms with van der Waals surface area (Å²) in [5.41, 5.74) is 15.4. The van der Waals surface area contributed by atoms with Crippen molar-refractivity contribution in [2.75, 3.05) is 0 Å². The van der Waals surface area contributed by atoms with Gasteiger partial charge in [-0.05, 0) is 95.1 Å². The molecule has 3 heteroatoms. The van der Waals surface area contributed by atoms with Gasteiger partial charge in [-0.2, -0.15) is 0 Å². The molecular weight excluding hydrogens is 691 g/mol. The van der Waals surface area contributed by atoms with Gasteiger partial charge >= 0.3 is 0 Å². The zero-order valence-corrected chi connectivity index (χ0v) is 31.0. The van der Waals surface area contributed by atoms with Crippen molar-refractivity contribution in [1.82, 2.24) is 13.7 Å². The number of aromatic nitrogens is 3. The number of nitrogens with zero attached hydrogens (tertiary/aromatic N) is 3. The maximum Gasteiger partial charge on any atom is 0.0782 e. The molecule has 0 aliphatic rings. The molecule has 3 nitrogen and oxygen atoms in total. The van der Waals surface area contributed by atoms with Gasteiger partial charge in [-0.3, -0.25) is 0 Å². The number of benzene rings is 9. The van der Waals surface area contributed by atoms with E-state index < -0.39 is 0 Å². The van der Waals surface area contributed by atoms with E-state index in [1.807, 2.05) is 0 Å². The first-order chi connectivity index (χ1) is 28.3. The molecule has 0 aliphatic heterocycles. The van der Waals surface area contributed by atoms with E-state index in [4.69, 9.17) is 0 Å². The fraction of sp³-hybridized carbons (Fsp3) is 0. The molecule has 0 aliphatic carbocycles. The molecule has 0 bridgehead atoms. The summed E-state index contributed by atoms with van der Waals surface area (Å²) in [6.07, 6.45) is 0. The van der Waals surface area contributed by atoms with Gasteiger partial charge in [0.25, 0.3) is 0 Å². The lowest BCUT2D eigenvalue weighted by atomic mass is 9.97. The molecular formula is C54H35N3. The highest BCUT2D eigenvalue weighted by Gasteiger charge is 2.22. The minimum atomic E-state index is 1.15. The number of hydrogen-bond acceptors (Lipinski definition) is 0. The largest absolute Gasteiger partial charge is 0.309 e. The molecule has 12 aromatic rings. The summed E-state index contributed by atoms with van der Waals surface area (Å²) in [4.78, 5) is 0. The lowest BCUT2D eigenvalue weighted by Gasteiger charge is -2.16. The Labute approximate surface area is 329 Å². The van der Waals surface area contributed by atoms with Crippen molar-refractivity contribution < 1.29 is 0 Å². The van der Waals surface area contributed by atoms with Crippen LogP contribution in [0, 0.1) is 0 Å². The molecule has 0 saturated heterocycles. The minimum Gasteiger partial charge on any atom is -0.309 e. The van der Waals surface area contributed by atoms with Crippen LogP contribution in [0.25, 0.3) is 105 Å². The third kappa shape index (κ3) is 4.79. The summed E-state index contributed by atoms with van der Waals surface area (Å²) in [6.45, 7) is 0. The lowest BCUT2D eigenvalue weighted by molar-refractivity contribution is 1.13. The summed E-state index contributed by atoms with van der Waals surface area (Å²) < 4.78 is 7.29. The van der Waals surface area contributed by atoms with Crippen LogP contribution in [0.1, 0.15) is 0 Å². The average molecular weight is 726 g/mol. The van der Waals surface area contributed by atoms with E-state index in [2.05, 4.69) is 226 Å². The van der Waals surface area contributed by atoms with Crippen molar-refractivity contribution in [3.63, 3.8) is 0 Å². The van der Waals surface area contributed by atoms with E-state index in [-0.39, 0.29) is 0 Å². The average Bonchev–Trinajstić information content (AvgIpc) is 3.92. The summed E-state index contributed by atoms with van der Waals surface area (Å²) >= 11 is 0. The molecule has 9 aromatic carbocycles. The molecule has 0 amide bonds. The van der Waals surface area contributed by atoms with Gasteiger partial charge in [0.2, 0.25) is 0 Å². The Morgan fingerprint density at radius 1 is 0.228 bits per heavy atom. The zero-order chi connectivity index (χ0) is 37.5. The van der Waals surface area contributed by atoms with Crippen LogP contribution in [0.5, 0.6) is 0 Å². The standard InChI is InChI=1S/C54H35N3/c1-3-15-40(16-4-1)55-48-23-11-9-21-44(48)46-33-38(31-32-52(46)55)36-27-29-37(30-28-36)39-34-47-45-22-10-12-24-49(45)56(41-17-5-2-6-18-41)54(47)53(35-39)57-50-25-13-7-19-42(50)43-20-8-14-26-51(43)57/h1-35H. The van der Waals surface area contributed by atoms with Gasteiger partial charge in [0.05, 0.1) is 38.8 Å². The molecule has 0 fully saturated rings. The van der Waals surface area contributed by atoms with Crippen molar-refractivity contribution in [3.05, 3.63) is 212 Å². The fourth-order valence-corrected chi connectivity index (χ4v) is 9.30. The Kier molecular flexibility index (Phi) is 6.93. The molecule has 0 spiro atoms. The highest BCUT2D eigenvalue weighted by Crippen LogP contribution is 2.42. The Hall–Kier alpha value is -7.62. The molecule has 0 radical (unpaired) electrons. The van der Waals surface area contributed by atoms with E-state index in [0.717, 1.165) is 11.4 Å². The number of hydrogen-bond donors (Lipinski definition) is 0. The minimum absolute atomic E-state index is 1.15. The van der Waals surface area contributed by atoms with E-state index in [0.29, 0.717) is 0 Å². The molecule has 12 rings (SSSR count). The summed E-state index contributed by atoms with van der Waals surface area (Å²) in [6, 6.07) is 77.4. The van der Waals surface area contributed by atoms with Gasteiger partial charge in [-0.15, -0.1) is 0 Å². The van der Waals surface area contributed by atoms with Crippen molar-refractivity contribution >= 4 is 65.4 Å². The fourth-order valence-electron chi connectivity index (χ4n) is 9.30. The smallest absolute Gasteiger partial charge is 0.0782 e. The second-order valence-electron chi connectivity index (χ2n) is 14.9. The first-order valence-corrected chi connectivity index (χ1v) is 19.6. The van der Waals surface area contributed by atoms with Crippen molar-refractivity contribution in [3.8, 4) is 39.3 Å². The SMILES string of the molecule is c1ccc(-n2c3ccccc3c3cc(-c4ccc(-c5cc(-n6c7ccccc7c7ccccc76)c6c(c5)c5ccccc5n6-c5ccccc5)cc4)ccc32)cc1. The van der Waals surface area contributed by atoms with E-state index >= 15 is 0 Å². The molecule has 0 unspecified atom stereocenters. The molecule has 0 atom stereocenters. The molecule has 57 heavy (non-hydrogen) atoms. The van der Waals surface area contributed by atoms with E-state index in [1.165, 1.54) is 93.4 Å². The van der Waals surface area contributed by atoms with Crippen LogP contribution >= 0.6 is 0 Å². The summed E-state index contributed by atoms with van der Waals surface area (Å²) in [5.74, 6) is 0. The summed E-state index contributed by atoms with van der Waals surface area (Å²) in [7, 11) is 0. The zero-order valence-electron chi connectivity index (χ0n) is 31.0. The van der Waals surface area contributed by atoms with Crippen LogP contribution in [0.2, 0.25) is 0 Å². The van der Waals surface area contributed by atoms with Crippen molar-refractivity contribution in [2.24, 2.45) is 0 Å². The van der Waals surface area contributed by atoms with Gasteiger partial charge in [0.1, 0.15) is 0 Å². The first kappa shape index (κ1) is 31.7. The second kappa shape index (κ2) is 12.5. The van der Waals surface area contributed by atoms with Gasteiger partial charge in [-0.1, -0.05) is 140 Å². The van der Waals surface area contributed by atoms with Crippen LogP contribution in [0.4, 0.5) is 0 Å². The molecule has 3 heterocycles. The van der Waals surface area contributed by atoms with E-state index in [9.17, 15) is 0 Å². The van der Waals surface area contributed by atoms with E-state index in [1.54, 1.807) is 0 Å². The third-order valence-electron chi connectivity index (χ3n) is 11.8. The predicted molar refractivity (Wildman–Crippen MR) is 240 cm³/mol. The van der Waals surface area contributed by atoms with Crippen LogP contribution in [0.15, 0.2) is 212 Å². The quantitative estimate of drug-likeness (QED) is 0.168.